The fraction of sp³-hybridized carbons (Fsp3) is 0.300. The quantitative estimate of drug-likeness (QED) is 0.770. The number of carbonyl (C=O) groups is 1. The van der Waals surface area contributed by atoms with E-state index in [9.17, 15) is 4.79 Å². The van der Waals surface area contributed by atoms with E-state index in [1.165, 1.54) is 5.56 Å². The van der Waals surface area contributed by atoms with Crippen LogP contribution in [0.4, 0.5) is 0 Å². The number of nitrogens with one attached hydrogen (secondary N) is 1. The number of carbonyl (C=O) groups excluding carboxylic acids is 1. The summed E-state index contributed by atoms with van der Waals surface area (Å²) >= 11 is 0. The van der Waals surface area contributed by atoms with E-state index in [-0.39, 0.29) is 5.91 Å². The number of benzene rings is 1. The van der Waals surface area contributed by atoms with Gasteiger partial charge in [-0.25, -0.2) is 0 Å². The van der Waals surface area contributed by atoms with Crippen molar-refractivity contribution in [2.75, 3.05) is 20.8 Å². The lowest BCUT2D eigenvalue weighted by atomic mass is 9.98. The van der Waals surface area contributed by atoms with Crippen molar-refractivity contribution in [2.45, 2.75) is 13.0 Å². The number of amides is 1. The Morgan fingerprint density at radius 1 is 1.15 bits per heavy atom. The number of H-pyrrole nitrogens is 1. The van der Waals surface area contributed by atoms with Crippen LogP contribution >= 0.6 is 0 Å². The number of ether oxygens (including phenoxy) is 2. The smallest absolute Gasteiger partial charge is 0.272 e. The zero-order valence-electron chi connectivity index (χ0n) is 15.7. The average molecular weight is 366 g/mol. The van der Waals surface area contributed by atoms with Crippen molar-refractivity contribution >= 4 is 5.91 Å². The van der Waals surface area contributed by atoms with Crippen LogP contribution in [-0.4, -0.2) is 46.3 Å². The third kappa shape index (κ3) is 3.05. The minimum absolute atomic E-state index is 0.0524. The van der Waals surface area contributed by atoms with Gasteiger partial charge >= 0.3 is 0 Å². The molecule has 1 aliphatic rings. The van der Waals surface area contributed by atoms with Crippen molar-refractivity contribution in [3.05, 3.63) is 53.3 Å². The zero-order chi connectivity index (χ0) is 19.0. The van der Waals surface area contributed by atoms with E-state index in [2.05, 4.69) is 10.2 Å². The maximum atomic E-state index is 12.9. The minimum Gasteiger partial charge on any atom is -0.493 e. The molecule has 0 saturated carbocycles. The van der Waals surface area contributed by atoms with Crippen molar-refractivity contribution < 1.29 is 14.3 Å². The molecule has 1 N–H and O–H groups in total. The summed E-state index contributed by atoms with van der Waals surface area (Å²) in [5.74, 6) is 1.35. The summed E-state index contributed by atoms with van der Waals surface area (Å²) in [4.78, 5) is 14.8. The highest BCUT2D eigenvalue weighted by Crippen LogP contribution is 2.33. The van der Waals surface area contributed by atoms with Gasteiger partial charge in [-0.15, -0.1) is 0 Å². The Morgan fingerprint density at radius 2 is 1.89 bits per heavy atom. The Kier molecular flexibility index (Phi) is 4.35. The molecule has 3 aromatic rings. The van der Waals surface area contributed by atoms with Crippen molar-refractivity contribution in [3.8, 4) is 22.9 Å². The molecule has 1 amide bonds. The number of hydrogen-bond donors (Lipinski definition) is 1. The highest BCUT2D eigenvalue weighted by molar-refractivity contribution is 5.93. The molecule has 7 nitrogen and oxygen atoms in total. The molecule has 0 bridgehead atoms. The van der Waals surface area contributed by atoms with Gasteiger partial charge in [0, 0.05) is 26.3 Å². The van der Waals surface area contributed by atoms with Crippen LogP contribution in [0.5, 0.6) is 11.5 Å². The molecule has 27 heavy (non-hydrogen) atoms. The zero-order valence-corrected chi connectivity index (χ0v) is 15.7. The Labute approximate surface area is 157 Å². The van der Waals surface area contributed by atoms with Crippen LogP contribution in [0.25, 0.3) is 11.4 Å². The SMILES string of the molecule is COc1cc2c(cc1OC)CN(C(=O)c1cc(-c3cccn3C)n[nH]1)CC2. The molecule has 0 spiro atoms. The first-order chi connectivity index (χ1) is 13.1. The number of methoxy groups -OCH3 is 2. The number of aromatic amines is 1. The Balaban J connectivity index is 1.56. The predicted octanol–water partition coefficient (Wildman–Crippen LogP) is 2.63. The standard InChI is InChI=1S/C20H22N4O3/c1-23-7-4-5-17(23)15-11-16(22-21-15)20(25)24-8-6-13-9-18(26-2)19(27-3)10-14(13)12-24/h4-5,7,9-11H,6,8,12H2,1-3H3,(H,21,22). The summed E-state index contributed by atoms with van der Waals surface area (Å²) in [6, 6.07) is 9.69. The van der Waals surface area contributed by atoms with E-state index in [1.54, 1.807) is 14.2 Å². The second-order valence-corrected chi connectivity index (χ2v) is 6.62. The Hall–Kier alpha value is -3.22. The molecule has 0 saturated heterocycles. The Morgan fingerprint density at radius 3 is 2.56 bits per heavy atom. The summed E-state index contributed by atoms with van der Waals surface area (Å²) in [6.45, 7) is 1.19. The molecule has 3 heterocycles. The minimum atomic E-state index is -0.0524. The predicted molar refractivity (Wildman–Crippen MR) is 101 cm³/mol. The van der Waals surface area contributed by atoms with Gasteiger partial charge in [-0.05, 0) is 47.9 Å². The largest absolute Gasteiger partial charge is 0.493 e. The first-order valence-electron chi connectivity index (χ1n) is 8.81. The van der Waals surface area contributed by atoms with Crippen LogP contribution in [0.1, 0.15) is 21.6 Å². The van der Waals surface area contributed by atoms with Crippen LogP contribution in [0.15, 0.2) is 36.5 Å². The fourth-order valence-corrected chi connectivity index (χ4v) is 3.52. The van der Waals surface area contributed by atoms with Gasteiger partial charge in [0.1, 0.15) is 11.4 Å². The topological polar surface area (TPSA) is 72.4 Å². The van der Waals surface area contributed by atoms with Gasteiger partial charge < -0.3 is 18.9 Å². The van der Waals surface area contributed by atoms with E-state index in [0.717, 1.165) is 29.1 Å². The van der Waals surface area contributed by atoms with Crippen molar-refractivity contribution in [2.24, 2.45) is 7.05 Å². The van der Waals surface area contributed by atoms with Crippen molar-refractivity contribution in [1.82, 2.24) is 19.7 Å². The molecule has 0 atom stereocenters. The van der Waals surface area contributed by atoms with Crippen LogP contribution < -0.4 is 9.47 Å². The number of aryl methyl sites for hydroxylation is 1. The van der Waals surface area contributed by atoms with Crippen LogP contribution in [0, 0.1) is 0 Å². The lowest BCUT2D eigenvalue weighted by molar-refractivity contribution is 0.0728. The molecular weight excluding hydrogens is 344 g/mol. The molecular formula is C20H22N4O3. The van der Waals surface area contributed by atoms with Gasteiger partial charge in [-0.1, -0.05) is 0 Å². The average Bonchev–Trinajstić information content (AvgIpc) is 3.34. The third-order valence-corrected chi connectivity index (χ3v) is 5.02. The van der Waals surface area contributed by atoms with E-state index < -0.39 is 0 Å². The third-order valence-electron chi connectivity index (χ3n) is 5.02. The number of rotatable bonds is 4. The first kappa shape index (κ1) is 17.2. The maximum absolute atomic E-state index is 12.9. The van der Waals surface area contributed by atoms with Gasteiger partial charge in [0.2, 0.25) is 0 Å². The lowest BCUT2D eigenvalue weighted by Crippen LogP contribution is -2.36. The van der Waals surface area contributed by atoms with Crippen molar-refractivity contribution in [3.63, 3.8) is 0 Å². The molecule has 1 aliphatic heterocycles. The van der Waals surface area contributed by atoms with E-state index >= 15 is 0 Å². The summed E-state index contributed by atoms with van der Waals surface area (Å²) < 4.78 is 12.7. The van der Waals surface area contributed by atoms with Crippen molar-refractivity contribution in [1.29, 1.82) is 0 Å². The lowest BCUT2D eigenvalue weighted by Gasteiger charge is -2.29. The van der Waals surface area contributed by atoms with Gasteiger partial charge in [0.05, 0.1) is 19.9 Å². The van der Waals surface area contributed by atoms with Gasteiger partial charge in [0.25, 0.3) is 5.91 Å². The highest BCUT2D eigenvalue weighted by Gasteiger charge is 2.25. The fourth-order valence-electron chi connectivity index (χ4n) is 3.52. The second kappa shape index (κ2) is 6.83. The molecule has 140 valence electrons. The summed E-state index contributed by atoms with van der Waals surface area (Å²) in [5.41, 5.74) is 4.48. The number of nitrogens with zero attached hydrogens (tertiary/aromatic N) is 3. The first-order valence-corrected chi connectivity index (χ1v) is 8.81. The molecule has 7 heteroatoms. The summed E-state index contributed by atoms with van der Waals surface area (Å²) in [7, 11) is 5.20. The van der Waals surface area contributed by atoms with E-state index in [4.69, 9.17) is 9.47 Å². The summed E-state index contributed by atoms with van der Waals surface area (Å²) in [6.07, 6.45) is 2.73. The highest BCUT2D eigenvalue weighted by atomic mass is 16.5. The van der Waals surface area contributed by atoms with Gasteiger partial charge in [-0.3, -0.25) is 9.89 Å². The van der Waals surface area contributed by atoms with Crippen LogP contribution in [-0.2, 0) is 20.0 Å². The molecule has 4 rings (SSSR count). The Bertz CT molecular complexity index is 989. The van der Waals surface area contributed by atoms with Crippen LogP contribution in [0.2, 0.25) is 0 Å². The number of fused-ring (bicyclic) bond motifs is 1. The van der Waals surface area contributed by atoms with E-state index in [1.807, 2.05) is 53.0 Å². The number of hydrogen-bond acceptors (Lipinski definition) is 4. The monoisotopic (exact) mass is 366 g/mol. The maximum Gasteiger partial charge on any atom is 0.272 e. The summed E-state index contributed by atoms with van der Waals surface area (Å²) in [5, 5.41) is 7.18. The molecule has 0 aliphatic carbocycles. The molecule has 0 radical (unpaired) electrons. The molecule has 2 aromatic heterocycles. The number of aromatic nitrogens is 3. The van der Waals surface area contributed by atoms with Gasteiger partial charge in [0.15, 0.2) is 11.5 Å². The normalized spacial score (nSPS) is 13.4. The molecule has 0 fully saturated rings. The van der Waals surface area contributed by atoms with Crippen LogP contribution in [0.3, 0.4) is 0 Å². The van der Waals surface area contributed by atoms with E-state index in [0.29, 0.717) is 24.5 Å². The molecule has 1 aromatic carbocycles. The second-order valence-electron chi connectivity index (χ2n) is 6.62. The molecule has 0 unspecified atom stereocenters. The van der Waals surface area contributed by atoms with Gasteiger partial charge in [-0.2, -0.15) is 5.10 Å².